The molecular weight excluding hydrogens is 302 g/mol. The summed E-state index contributed by atoms with van der Waals surface area (Å²) in [6.07, 6.45) is 3.31. The largest absolute Gasteiger partial charge is 0.492 e. The Morgan fingerprint density at radius 2 is 2.05 bits per heavy atom. The van der Waals surface area contributed by atoms with Crippen molar-refractivity contribution in [3.63, 3.8) is 0 Å². The molecule has 1 unspecified atom stereocenters. The van der Waals surface area contributed by atoms with Gasteiger partial charge in [-0.05, 0) is 72.5 Å². The summed E-state index contributed by atoms with van der Waals surface area (Å²) in [5.74, 6) is 0.873. The van der Waals surface area contributed by atoms with E-state index < -0.39 is 0 Å². The quantitative estimate of drug-likeness (QED) is 0.717. The van der Waals surface area contributed by atoms with Gasteiger partial charge >= 0.3 is 0 Å². The molecule has 2 rings (SSSR count). The zero-order chi connectivity index (χ0) is 14.9. The molecule has 2 nitrogen and oxygen atoms in total. The van der Waals surface area contributed by atoms with Crippen molar-refractivity contribution < 1.29 is 4.74 Å². The second-order valence-electron chi connectivity index (χ2n) is 5.09. The fourth-order valence-electron chi connectivity index (χ4n) is 2.10. The molecule has 0 saturated carbocycles. The van der Waals surface area contributed by atoms with E-state index >= 15 is 0 Å². The SMILES string of the molecule is CCCNC(CCc1ccsc1)COc1ccc(Cl)cc1. The van der Waals surface area contributed by atoms with Crippen LogP contribution in [0.15, 0.2) is 41.1 Å². The average molecular weight is 324 g/mol. The van der Waals surface area contributed by atoms with Gasteiger partial charge in [0.2, 0.25) is 0 Å². The maximum absolute atomic E-state index is 5.88. The van der Waals surface area contributed by atoms with Crippen LogP contribution in [0.25, 0.3) is 0 Å². The van der Waals surface area contributed by atoms with Crippen molar-refractivity contribution in [2.24, 2.45) is 0 Å². The lowest BCUT2D eigenvalue weighted by atomic mass is 10.1. The molecule has 114 valence electrons. The molecule has 0 fully saturated rings. The molecule has 1 aromatic carbocycles. The first-order valence-electron chi connectivity index (χ1n) is 7.40. The van der Waals surface area contributed by atoms with Crippen LogP contribution in [0, 0.1) is 0 Å². The Kier molecular flexibility index (Phi) is 7.07. The van der Waals surface area contributed by atoms with E-state index in [1.54, 1.807) is 11.3 Å². The third-order valence-corrected chi connectivity index (χ3v) is 4.29. The van der Waals surface area contributed by atoms with Crippen molar-refractivity contribution in [2.75, 3.05) is 13.2 Å². The van der Waals surface area contributed by atoms with Crippen LogP contribution in [0.5, 0.6) is 5.75 Å². The minimum absolute atomic E-state index is 0.375. The first-order valence-corrected chi connectivity index (χ1v) is 8.73. The van der Waals surface area contributed by atoms with Crippen molar-refractivity contribution >= 4 is 22.9 Å². The number of halogens is 1. The second kappa shape index (κ2) is 9.08. The maximum atomic E-state index is 5.88. The van der Waals surface area contributed by atoms with Gasteiger partial charge in [-0.3, -0.25) is 0 Å². The monoisotopic (exact) mass is 323 g/mol. The van der Waals surface area contributed by atoms with Crippen LogP contribution in [0.2, 0.25) is 5.02 Å². The molecule has 0 aliphatic heterocycles. The highest BCUT2D eigenvalue weighted by Crippen LogP contribution is 2.16. The highest BCUT2D eigenvalue weighted by molar-refractivity contribution is 7.07. The lowest BCUT2D eigenvalue weighted by molar-refractivity contribution is 0.257. The smallest absolute Gasteiger partial charge is 0.119 e. The van der Waals surface area contributed by atoms with Crippen LogP contribution < -0.4 is 10.1 Å². The fourth-order valence-corrected chi connectivity index (χ4v) is 2.93. The summed E-state index contributed by atoms with van der Waals surface area (Å²) in [4.78, 5) is 0. The molecule has 0 amide bonds. The van der Waals surface area contributed by atoms with E-state index in [-0.39, 0.29) is 0 Å². The number of hydrogen-bond acceptors (Lipinski definition) is 3. The summed E-state index contributed by atoms with van der Waals surface area (Å²) in [5, 5.41) is 8.65. The number of thiophene rings is 1. The molecule has 1 N–H and O–H groups in total. The molecule has 1 atom stereocenters. The van der Waals surface area contributed by atoms with Crippen molar-refractivity contribution in [2.45, 2.75) is 32.2 Å². The zero-order valence-electron chi connectivity index (χ0n) is 12.3. The lowest BCUT2D eigenvalue weighted by Crippen LogP contribution is -2.35. The molecule has 0 saturated heterocycles. The molecule has 1 heterocycles. The van der Waals surface area contributed by atoms with E-state index in [1.165, 1.54) is 5.56 Å². The Morgan fingerprint density at radius 1 is 1.24 bits per heavy atom. The topological polar surface area (TPSA) is 21.3 Å². The third-order valence-electron chi connectivity index (χ3n) is 3.31. The molecule has 1 aromatic heterocycles. The van der Waals surface area contributed by atoms with E-state index in [9.17, 15) is 0 Å². The number of aryl methyl sites for hydroxylation is 1. The van der Waals surface area contributed by atoms with Gasteiger partial charge in [0.15, 0.2) is 0 Å². The van der Waals surface area contributed by atoms with E-state index in [2.05, 4.69) is 29.1 Å². The van der Waals surface area contributed by atoms with Crippen molar-refractivity contribution in [1.29, 1.82) is 0 Å². The standard InChI is InChI=1S/C17H22ClNOS/c1-2-10-19-16(6-3-14-9-11-21-13-14)12-20-17-7-4-15(18)5-8-17/h4-5,7-9,11,13,16,19H,2-3,6,10,12H2,1H3. The summed E-state index contributed by atoms with van der Waals surface area (Å²) in [6.45, 7) is 3.90. The predicted molar refractivity (Wildman–Crippen MR) is 91.7 cm³/mol. The number of nitrogens with one attached hydrogen (secondary N) is 1. The van der Waals surface area contributed by atoms with Crippen molar-refractivity contribution in [3.8, 4) is 5.75 Å². The van der Waals surface area contributed by atoms with Gasteiger partial charge in [0.05, 0.1) is 0 Å². The Bertz CT molecular complexity index is 498. The minimum Gasteiger partial charge on any atom is -0.492 e. The number of hydrogen-bond donors (Lipinski definition) is 1. The highest BCUT2D eigenvalue weighted by Gasteiger charge is 2.09. The molecule has 2 aromatic rings. The van der Waals surface area contributed by atoms with E-state index in [0.717, 1.165) is 36.6 Å². The van der Waals surface area contributed by atoms with Crippen LogP contribution in [0.4, 0.5) is 0 Å². The molecule has 0 spiro atoms. The Hall–Kier alpha value is -1.03. The predicted octanol–water partition coefficient (Wildman–Crippen LogP) is 4.78. The van der Waals surface area contributed by atoms with Gasteiger partial charge in [-0.15, -0.1) is 0 Å². The summed E-state index contributed by atoms with van der Waals surface area (Å²) < 4.78 is 5.87. The van der Waals surface area contributed by atoms with Gasteiger partial charge in [-0.1, -0.05) is 18.5 Å². The number of rotatable bonds is 9. The first kappa shape index (κ1) is 16.3. The number of ether oxygens (including phenoxy) is 1. The van der Waals surface area contributed by atoms with Gasteiger partial charge < -0.3 is 10.1 Å². The molecule has 0 radical (unpaired) electrons. The van der Waals surface area contributed by atoms with Gasteiger partial charge in [0.25, 0.3) is 0 Å². The third kappa shape index (κ3) is 6.08. The van der Waals surface area contributed by atoms with Gasteiger partial charge in [-0.2, -0.15) is 11.3 Å². The van der Waals surface area contributed by atoms with E-state index in [4.69, 9.17) is 16.3 Å². The van der Waals surface area contributed by atoms with Gasteiger partial charge in [0, 0.05) is 11.1 Å². The van der Waals surface area contributed by atoms with Gasteiger partial charge in [0.1, 0.15) is 12.4 Å². The van der Waals surface area contributed by atoms with Crippen LogP contribution >= 0.6 is 22.9 Å². The molecule has 0 aliphatic carbocycles. The van der Waals surface area contributed by atoms with Crippen LogP contribution in [-0.4, -0.2) is 19.2 Å². The van der Waals surface area contributed by atoms with Crippen molar-refractivity contribution in [3.05, 3.63) is 51.7 Å². The second-order valence-corrected chi connectivity index (χ2v) is 6.30. The minimum atomic E-state index is 0.375. The lowest BCUT2D eigenvalue weighted by Gasteiger charge is -2.19. The summed E-state index contributed by atoms with van der Waals surface area (Å²) >= 11 is 7.64. The molecule has 0 bridgehead atoms. The van der Waals surface area contributed by atoms with Crippen LogP contribution in [-0.2, 0) is 6.42 Å². The highest BCUT2D eigenvalue weighted by atomic mass is 35.5. The number of benzene rings is 1. The molecule has 0 aliphatic rings. The normalized spacial score (nSPS) is 12.3. The van der Waals surface area contributed by atoms with Crippen LogP contribution in [0.1, 0.15) is 25.3 Å². The van der Waals surface area contributed by atoms with E-state index in [1.807, 2.05) is 24.3 Å². The maximum Gasteiger partial charge on any atom is 0.119 e. The molecule has 21 heavy (non-hydrogen) atoms. The summed E-state index contributed by atoms with van der Waals surface area (Å²) in [7, 11) is 0. The summed E-state index contributed by atoms with van der Waals surface area (Å²) in [6, 6.07) is 10.1. The first-order chi connectivity index (χ1) is 10.3. The molecular formula is C17H22ClNOS. The average Bonchev–Trinajstić information content (AvgIpc) is 3.01. The van der Waals surface area contributed by atoms with Crippen molar-refractivity contribution in [1.82, 2.24) is 5.32 Å². The van der Waals surface area contributed by atoms with Crippen LogP contribution in [0.3, 0.4) is 0 Å². The Balaban J connectivity index is 1.81. The molecule has 4 heteroatoms. The Morgan fingerprint density at radius 3 is 2.71 bits per heavy atom. The zero-order valence-corrected chi connectivity index (χ0v) is 13.9. The fraction of sp³-hybridized carbons (Fsp3) is 0.412. The Labute approximate surface area is 136 Å². The summed E-state index contributed by atoms with van der Waals surface area (Å²) in [5.41, 5.74) is 1.41. The van der Waals surface area contributed by atoms with Gasteiger partial charge in [-0.25, -0.2) is 0 Å². The van der Waals surface area contributed by atoms with E-state index in [0.29, 0.717) is 12.6 Å².